The number of aromatic hydroxyl groups is 1. The minimum atomic E-state index is -4.70. The highest BCUT2D eigenvalue weighted by Crippen LogP contribution is 2.35. The zero-order chi connectivity index (χ0) is 21.2. The molecule has 0 saturated carbocycles. The molecular formula is C18H17F3N2O5S. The van der Waals surface area contributed by atoms with Crippen LogP contribution in [0.4, 0.5) is 18.9 Å². The van der Waals surface area contributed by atoms with Gasteiger partial charge in [-0.1, -0.05) is 12.1 Å². The Labute approximate surface area is 164 Å². The molecule has 3 rings (SSSR count). The van der Waals surface area contributed by atoms with Crippen molar-refractivity contribution < 1.29 is 36.2 Å². The first-order valence-electron chi connectivity index (χ1n) is 8.49. The van der Waals surface area contributed by atoms with Crippen LogP contribution < -0.4 is 5.32 Å². The van der Waals surface area contributed by atoms with Crippen LogP contribution >= 0.6 is 0 Å². The minimum Gasteiger partial charge on any atom is -0.507 e. The molecule has 1 amide bonds. The van der Waals surface area contributed by atoms with Gasteiger partial charge < -0.3 is 15.2 Å². The summed E-state index contributed by atoms with van der Waals surface area (Å²) in [5.74, 6) is -1.63. The van der Waals surface area contributed by atoms with Crippen molar-refractivity contribution in [2.24, 2.45) is 0 Å². The number of alkyl halides is 3. The Bertz CT molecular complexity index is 1020. The Morgan fingerprint density at radius 3 is 2.41 bits per heavy atom. The lowest BCUT2D eigenvalue weighted by Gasteiger charge is -2.26. The first kappa shape index (κ1) is 21.1. The third-order valence-corrected chi connectivity index (χ3v) is 6.20. The summed E-state index contributed by atoms with van der Waals surface area (Å²) in [4.78, 5) is 12.2. The van der Waals surface area contributed by atoms with Gasteiger partial charge in [0.2, 0.25) is 10.0 Å². The molecule has 2 aromatic carbocycles. The molecule has 2 N–H and O–H groups in total. The van der Waals surface area contributed by atoms with Gasteiger partial charge in [-0.25, -0.2) is 8.42 Å². The van der Waals surface area contributed by atoms with Gasteiger partial charge in [0.05, 0.1) is 34.9 Å². The Kier molecular flexibility index (Phi) is 5.82. The number of nitrogens with one attached hydrogen (secondary N) is 1. The molecule has 0 spiro atoms. The van der Waals surface area contributed by atoms with E-state index in [2.05, 4.69) is 5.32 Å². The molecule has 0 aromatic heterocycles. The van der Waals surface area contributed by atoms with Crippen LogP contribution in [0.25, 0.3) is 0 Å². The number of sulfonamides is 1. The first-order chi connectivity index (χ1) is 13.6. The average Bonchev–Trinajstić information content (AvgIpc) is 2.68. The van der Waals surface area contributed by atoms with Crippen LogP contribution in [0, 0.1) is 0 Å². The highest BCUT2D eigenvalue weighted by Gasteiger charge is 2.34. The summed E-state index contributed by atoms with van der Waals surface area (Å²) < 4.78 is 71.1. The monoisotopic (exact) mass is 430 g/mol. The molecule has 1 heterocycles. The van der Waals surface area contributed by atoms with E-state index in [1.807, 2.05) is 0 Å². The van der Waals surface area contributed by atoms with Crippen LogP contribution in [0.15, 0.2) is 47.4 Å². The fraction of sp³-hybridized carbons (Fsp3) is 0.278. The van der Waals surface area contributed by atoms with Gasteiger partial charge in [0.1, 0.15) is 5.75 Å². The summed E-state index contributed by atoms with van der Waals surface area (Å²) in [6, 6.07) is 7.42. The van der Waals surface area contributed by atoms with Gasteiger partial charge in [-0.15, -0.1) is 0 Å². The molecule has 1 aliphatic rings. The molecule has 11 heteroatoms. The van der Waals surface area contributed by atoms with E-state index in [1.54, 1.807) is 0 Å². The summed E-state index contributed by atoms with van der Waals surface area (Å²) in [6.45, 7) is 0.700. The second kappa shape index (κ2) is 8.01. The number of anilines is 1. The number of hydrogen-bond acceptors (Lipinski definition) is 5. The molecule has 0 radical (unpaired) electrons. The summed E-state index contributed by atoms with van der Waals surface area (Å²) in [5.41, 5.74) is -2.04. The number of para-hydroxylation sites is 1. The van der Waals surface area contributed by atoms with E-state index in [0.717, 1.165) is 30.3 Å². The normalized spacial score (nSPS) is 15.8. The topological polar surface area (TPSA) is 95.9 Å². The minimum absolute atomic E-state index is 0.129. The predicted octanol–water partition coefficient (Wildman–Crippen LogP) is 2.68. The number of nitrogens with zero attached hydrogens (tertiary/aromatic N) is 1. The number of phenols is 1. The number of carbonyl (C=O) groups is 1. The van der Waals surface area contributed by atoms with Crippen molar-refractivity contribution in [3.8, 4) is 5.75 Å². The largest absolute Gasteiger partial charge is 0.507 e. The van der Waals surface area contributed by atoms with E-state index in [1.165, 1.54) is 16.4 Å². The molecule has 1 saturated heterocycles. The van der Waals surface area contributed by atoms with E-state index in [0.29, 0.717) is 0 Å². The van der Waals surface area contributed by atoms with Crippen LogP contribution in [0.2, 0.25) is 0 Å². The third kappa shape index (κ3) is 4.52. The van der Waals surface area contributed by atoms with Crippen LogP contribution in [0.3, 0.4) is 0 Å². The van der Waals surface area contributed by atoms with Gasteiger partial charge in [-0.05, 0) is 30.3 Å². The number of amides is 1. The summed E-state index contributed by atoms with van der Waals surface area (Å²) in [7, 11) is -3.96. The van der Waals surface area contributed by atoms with E-state index in [-0.39, 0.29) is 31.2 Å². The van der Waals surface area contributed by atoms with Crippen molar-refractivity contribution in [2.75, 3.05) is 31.6 Å². The van der Waals surface area contributed by atoms with Gasteiger partial charge in [0.25, 0.3) is 5.91 Å². The van der Waals surface area contributed by atoms with Crippen LogP contribution in [-0.2, 0) is 20.9 Å². The van der Waals surface area contributed by atoms with Crippen molar-refractivity contribution in [3.05, 3.63) is 53.6 Å². The second-order valence-electron chi connectivity index (χ2n) is 6.19. The number of halogens is 3. The van der Waals surface area contributed by atoms with Gasteiger partial charge in [-0.2, -0.15) is 17.5 Å². The Balaban J connectivity index is 1.92. The number of benzene rings is 2. The SMILES string of the molecule is O=C(Nc1ccccc1C(F)(F)F)c1cc(S(=O)(=O)N2CCOCC2)ccc1O. The van der Waals surface area contributed by atoms with E-state index in [9.17, 15) is 31.5 Å². The number of morpholine rings is 1. The lowest BCUT2D eigenvalue weighted by molar-refractivity contribution is -0.136. The Morgan fingerprint density at radius 1 is 1.10 bits per heavy atom. The third-order valence-electron chi connectivity index (χ3n) is 4.30. The molecule has 0 unspecified atom stereocenters. The van der Waals surface area contributed by atoms with E-state index >= 15 is 0 Å². The number of carbonyl (C=O) groups excluding carboxylic acids is 1. The molecule has 2 aromatic rings. The van der Waals surface area contributed by atoms with Crippen LogP contribution in [0.5, 0.6) is 5.75 Å². The molecule has 29 heavy (non-hydrogen) atoms. The highest BCUT2D eigenvalue weighted by molar-refractivity contribution is 7.89. The maximum atomic E-state index is 13.1. The van der Waals surface area contributed by atoms with Crippen molar-refractivity contribution in [1.82, 2.24) is 4.31 Å². The first-order valence-corrected chi connectivity index (χ1v) is 9.93. The number of phenolic OH excluding ortho intramolecular Hbond substituents is 1. The molecule has 0 bridgehead atoms. The molecule has 0 atom stereocenters. The average molecular weight is 430 g/mol. The van der Waals surface area contributed by atoms with E-state index in [4.69, 9.17) is 4.74 Å². The Hall–Kier alpha value is -2.63. The lowest BCUT2D eigenvalue weighted by atomic mass is 10.1. The molecule has 0 aliphatic carbocycles. The summed E-state index contributed by atoms with van der Waals surface area (Å²) in [6.07, 6.45) is -4.70. The van der Waals surface area contributed by atoms with Crippen LogP contribution in [-0.4, -0.2) is 50.0 Å². The standard InChI is InChI=1S/C18H17F3N2O5S/c19-18(20,21)14-3-1-2-4-15(14)22-17(25)13-11-12(5-6-16(13)24)29(26,27)23-7-9-28-10-8-23/h1-6,11,24H,7-10H2,(H,22,25). The van der Waals surface area contributed by atoms with Crippen molar-refractivity contribution in [2.45, 2.75) is 11.1 Å². The summed E-state index contributed by atoms with van der Waals surface area (Å²) in [5, 5.41) is 12.1. The fourth-order valence-electron chi connectivity index (χ4n) is 2.82. The summed E-state index contributed by atoms with van der Waals surface area (Å²) >= 11 is 0. The number of ether oxygens (including phenoxy) is 1. The molecule has 1 aliphatic heterocycles. The Morgan fingerprint density at radius 2 is 1.76 bits per heavy atom. The number of hydrogen-bond donors (Lipinski definition) is 2. The molecule has 1 fully saturated rings. The highest BCUT2D eigenvalue weighted by atomic mass is 32.2. The van der Waals surface area contributed by atoms with Crippen LogP contribution in [0.1, 0.15) is 15.9 Å². The molecule has 156 valence electrons. The van der Waals surface area contributed by atoms with E-state index < -0.39 is 44.7 Å². The van der Waals surface area contributed by atoms with Gasteiger partial charge in [-0.3, -0.25) is 4.79 Å². The maximum Gasteiger partial charge on any atom is 0.418 e. The zero-order valence-corrected chi connectivity index (χ0v) is 15.8. The van der Waals surface area contributed by atoms with Gasteiger partial charge in [0, 0.05) is 13.1 Å². The van der Waals surface area contributed by atoms with Crippen molar-refractivity contribution in [3.63, 3.8) is 0 Å². The quantitative estimate of drug-likeness (QED) is 0.778. The molecule has 7 nitrogen and oxygen atoms in total. The lowest BCUT2D eigenvalue weighted by Crippen LogP contribution is -2.40. The fourth-order valence-corrected chi connectivity index (χ4v) is 4.26. The smallest absolute Gasteiger partial charge is 0.418 e. The second-order valence-corrected chi connectivity index (χ2v) is 8.13. The van der Waals surface area contributed by atoms with Crippen molar-refractivity contribution >= 4 is 21.6 Å². The molecular weight excluding hydrogens is 413 g/mol. The predicted molar refractivity (Wildman–Crippen MR) is 97.1 cm³/mol. The van der Waals surface area contributed by atoms with Gasteiger partial charge >= 0.3 is 6.18 Å². The maximum absolute atomic E-state index is 13.1. The van der Waals surface area contributed by atoms with Crippen molar-refractivity contribution in [1.29, 1.82) is 0 Å². The van der Waals surface area contributed by atoms with Gasteiger partial charge in [0.15, 0.2) is 0 Å². The zero-order valence-electron chi connectivity index (χ0n) is 14.9. The number of rotatable bonds is 4.